The first-order chi connectivity index (χ1) is 14.5. The monoisotopic (exact) mass is 440 g/mol. The number of carbonyl (C=O) groups excluding carboxylic acids is 1. The zero-order chi connectivity index (χ0) is 21.1. The van der Waals surface area contributed by atoms with Crippen LogP contribution in [0, 0.1) is 6.92 Å². The lowest BCUT2D eigenvalue weighted by atomic mass is 10.2. The molecular formula is C22H21ClN4O2S. The number of hydrogen-bond donors (Lipinski definition) is 1. The lowest BCUT2D eigenvalue weighted by Crippen LogP contribution is -2.28. The Kier molecular flexibility index (Phi) is 6.20. The fourth-order valence-corrected chi connectivity index (χ4v) is 4.58. The van der Waals surface area contributed by atoms with Crippen molar-refractivity contribution in [3.63, 3.8) is 0 Å². The molecule has 0 atom stereocenters. The van der Waals surface area contributed by atoms with E-state index in [1.54, 1.807) is 16.8 Å². The van der Waals surface area contributed by atoms with Gasteiger partial charge in [-0.15, -0.1) is 0 Å². The van der Waals surface area contributed by atoms with Gasteiger partial charge >= 0.3 is 5.69 Å². The molecule has 3 aromatic rings. The second-order valence-electron chi connectivity index (χ2n) is 7.19. The first kappa shape index (κ1) is 20.6. The summed E-state index contributed by atoms with van der Waals surface area (Å²) in [5, 5.41) is 4.11. The maximum Gasteiger partial charge on any atom is 0.349 e. The quantitative estimate of drug-likeness (QED) is 0.465. The molecule has 1 aliphatic rings. The molecule has 0 saturated heterocycles. The van der Waals surface area contributed by atoms with Gasteiger partial charge in [-0.05, 0) is 56.0 Å². The van der Waals surface area contributed by atoms with E-state index in [9.17, 15) is 9.59 Å². The lowest BCUT2D eigenvalue weighted by Gasteiger charge is -2.14. The minimum atomic E-state index is -0.297. The van der Waals surface area contributed by atoms with E-state index in [1.807, 2.05) is 37.3 Å². The normalized spacial score (nSPS) is 12.6. The van der Waals surface area contributed by atoms with Crippen molar-refractivity contribution >= 4 is 35.0 Å². The Morgan fingerprint density at radius 1 is 1.27 bits per heavy atom. The Balaban J connectivity index is 1.49. The molecule has 0 aliphatic heterocycles. The summed E-state index contributed by atoms with van der Waals surface area (Å²) in [6.45, 7) is 2.32. The number of carbonyl (C=O) groups is 1. The number of amides is 1. The number of aryl methyl sites for hydroxylation is 1. The molecule has 0 radical (unpaired) electrons. The molecule has 1 aliphatic carbocycles. The molecule has 154 valence electrons. The van der Waals surface area contributed by atoms with E-state index in [0.717, 1.165) is 41.8 Å². The smallest absolute Gasteiger partial charge is 0.325 e. The van der Waals surface area contributed by atoms with Crippen LogP contribution >= 0.6 is 23.4 Å². The zero-order valence-corrected chi connectivity index (χ0v) is 18.1. The number of fused-ring (bicyclic) bond motifs is 1. The molecule has 30 heavy (non-hydrogen) atoms. The topological polar surface area (TPSA) is 76.9 Å². The van der Waals surface area contributed by atoms with E-state index < -0.39 is 0 Å². The molecule has 0 spiro atoms. The summed E-state index contributed by atoms with van der Waals surface area (Å²) in [6, 6.07) is 11.1. The molecule has 0 unspecified atom stereocenters. The Bertz CT molecular complexity index is 1150. The Hall–Kier alpha value is -2.64. The highest BCUT2D eigenvalue weighted by Gasteiger charge is 2.22. The third kappa shape index (κ3) is 4.57. The summed E-state index contributed by atoms with van der Waals surface area (Å²) in [5.74, 6) is 0.0142. The van der Waals surface area contributed by atoms with Crippen LogP contribution in [-0.4, -0.2) is 26.2 Å². The third-order valence-corrected chi connectivity index (χ3v) is 6.47. The maximum atomic E-state index is 12.7. The molecule has 8 heteroatoms. The van der Waals surface area contributed by atoms with Gasteiger partial charge in [0.1, 0.15) is 5.03 Å². The van der Waals surface area contributed by atoms with Crippen LogP contribution in [0.4, 0.5) is 5.69 Å². The van der Waals surface area contributed by atoms with E-state index >= 15 is 0 Å². The van der Waals surface area contributed by atoms with E-state index in [1.165, 1.54) is 11.8 Å². The Labute approximate surface area is 183 Å². The maximum absolute atomic E-state index is 12.7. The molecule has 0 bridgehead atoms. The average Bonchev–Trinajstić information content (AvgIpc) is 3.22. The summed E-state index contributed by atoms with van der Waals surface area (Å²) < 4.78 is 1.71. The molecule has 1 N–H and O–H groups in total. The van der Waals surface area contributed by atoms with Gasteiger partial charge in [-0.3, -0.25) is 14.3 Å². The van der Waals surface area contributed by atoms with Gasteiger partial charge in [0.2, 0.25) is 5.91 Å². The second kappa shape index (κ2) is 9.02. The highest BCUT2D eigenvalue weighted by molar-refractivity contribution is 8.00. The lowest BCUT2D eigenvalue weighted by molar-refractivity contribution is -0.113. The standard InChI is InChI=1S/C22H21ClN4O2S/c1-14-8-9-15(11-18(14)23)25-20(28)13-30-21-17-6-4-7-19(17)27(22(29)26-21)12-16-5-2-3-10-24-16/h2-3,5,8-11H,4,6-7,12-13H2,1H3,(H,25,28). The number of nitrogens with one attached hydrogen (secondary N) is 1. The van der Waals surface area contributed by atoms with E-state index in [-0.39, 0.29) is 17.3 Å². The minimum Gasteiger partial charge on any atom is -0.325 e. The van der Waals surface area contributed by atoms with Crippen molar-refractivity contribution in [3.8, 4) is 0 Å². The predicted molar refractivity (Wildman–Crippen MR) is 119 cm³/mol. The van der Waals surface area contributed by atoms with Crippen molar-refractivity contribution in [1.82, 2.24) is 14.5 Å². The fourth-order valence-electron chi connectivity index (χ4n) is 3.52. The van der Waals surface area contributed by atoms with Gasteiger partial charge in [0, 0.05) is 28.2 Å². The van der Waals surface area contributed by atoms with Crippen molar-refractivity contribution in [2.24, 2.45) is 0 Å². The summed E-state index contributed by atoms with van der Waals surface area (Å²) in [6.07, 6.45) is 4.40. The summed E-state index contributed by atoms with van der Waals surface area (Å²) >= 11 is 7.42. The Morgan fingerprint density at radius 2 is 2.13 bits per heavy atom. The molecule has 6 nitrogen and oxygen atoms in total. The van der Waals surface area contributed by atoms with Crippen molar-refractivity contribution in [3.05, 3.63) is 80.6 Å². The van der Waals surface area contributed by atoms with Gasteiger partial charge in [-0.1, -0.05) is 35.5 Å². The number of rotatable bonds is 6. The minimum absolute atomic E-state index is 0.161. The molecule has 2 aromatic heterocycles. The van der Waals surface area contributed by atoms with Crippen LogP contribution in [0.25, 0.3) is 0 Å². The number of benzene rings is 1. The molecule has 0 saturated carbocycles. The van der Waals surface area contributed by atoms with E-state index in [4.69, 9.17) is 11.6 Å². The van der Waals surface area contributed by atoms with Crippen LogP contribution < -0.4 is 11.0 Å². The van der Waals surface area contributed by atoms with E-state index in [2.05, 4.69) is 15.3 Å². The van der Waals surface area contributed by atoms with Crippen LogP contribution in [0.3, 0.4) is 0 Å². The number of aromatic nitrogens is 3. The Morgan fingerprint density at radius 3 is 2.90 bits per heavy atom. The van der Waals surface area contributed by atoms with E-state index in [0.29, 0.717) is 22.3 Å². The van der Waals surface area contributed by atoms with Crippen LogP contribution in [0.5, 0.6) is 0 Å². The van der Waals surface area contributed by atoms with Crippen molar-refractivity contribution in [2.45, 2.75) is 37.8 Å². The fraction of sp³-hybridized carbons (Fsp3) is 0.273. The van der Waals surface area contributed by atoms with Gasteiger partial charge in [-0.2, -0.15) is 4.98 Å². The molecular weight excluding hydrogens is 420 g/mol. The van der Waals surface area contributed by atoms with Gasteiger partial charge in [0.25, 0.3) is 0 Å². The number of pyridine rings is 1. The summed E-state index contributed by atoms with van der Waals surface area (Å²) in [5.41, 5.74) is 4.22. The first-order valence-corrected chi connectivity index (χ1v) is 11.1. The van der Waals surface area contributed by atoms with Crippen molar-refractivity contribution in [2.75, 3.05) is 11.1 Å². The number of nitrogens with zero attached hydrogens (tertiary/aromatic N) is 3. The molecule has 0 fully saturated rings. The molecule has 2 heterocycles. The highest BCUT2D eigenvalue weighted by atomic mass is 35.5. The average molecular weight is 441 g/mol. The van der Waals surface area contributed by atoms with Crippen LogP contribution in [-0.2, 0) is 24.2 Å². The van der Waals surface area contributed by atoms with Gasteiger partial charge < -0.3 is 5.32 Å². The van der Waals surface area contributed by atoms with Crippen LogP contribution in [0.2, 0.25) is 5.02 Å². The molecule has 1 aromatic carbocycles. The number of anilines is 1. The number of halogens is 1. The highest BCUT2D eigenvalue weighted by Crippen LogP contribution is 2.29. The van der Waals surface area contributed by atoms with Gasteiger partial charge in [0.15, 0.2) is 0 Å². The summed E-state index contributed by atoms with van der Waals surface area (Å²) in [4.78, 5) is 33.7. The van der Waals surface area contributed by atoms with Crippen LogP contribution in [0.15, 0.2) is 52.4 Å². The number of hydrogen-bond acceptors (Lipinski definition) is 5. The SMILES string of the molecule is Cc1ccc(NC(=O)CSc2nc(=O)n(Cc3ccccn3)c3c2CCC3)cc1Cl. The van der Waals surface area contributed by atoms with Crippen molar-refractivity contribution < 1.29 is 4.79 Å². The largest absolute Gasteiger partial charge is 0.349 e. The van der Waals surface area contributed by atoms with Gasteiger partial charge in [0.05, 0.1) is 18.0 Å². The van der Waals surface area contributed by atoms with Crippen molar-refractivity contribution in [1.29, 1.82) is 0 Å². The molecule has 4 rings (SSSR count). The summed E-state index contributed by atoms with van der Waals surface area (Å²) in [7, 11) is 0. The number of thioether (sulfide) groups is 1. The predicted octanol–water partition coefficient (Wildman–Crippen LogP) is 3.87. The van der Waals surface area contributed by atoms with Crippen LogP contribution in [0.1, 0.15) is 28.9 Å². The zero-order valence-electron chi connectivity index (χ0n) is 16.5. The second-order valence-corrected chi connectivity index (χ2v) is 8.56. The third-order valence-electron chi connectivity index (χ3n) is 5.04. The van der Waals surface area contributed by atoms with Gasteiger partial charge in [-0.25, -0.2) is 4.79 Å². The molecule has 1 amide bonds. The first-order valence-electron chi connectivity index (χ1n) is 9.72.